The Bertz CT molecular complexity index is 892. The summed E-state index contributed by atoms with van der Waals surface area (Å²) in [6.07, 6.45) is 1.11. The van der Waals surface area contributed by atoms with Crippen molar-refractivity contribution >= 4 is 38.9 Å². The van der Waals surface area contributed by atoms with Gasteiger partial charge in [-0.25, -0.2) is 13.8 Å². The Morgan fingerprint density at radius 2 is 1.56 bits per heavy atom. The van der Waals surface area contributed by atoms with Crippen molar-refractivity contribution in [3.63, 3.8) is 0 Å². The minimum absolute atomic E-state index is 0.373. The summed E-state index contributed by atoms with van der Waals surface area (Å²) in [6, 6.07) is 13.3. The lowest BCUT2D eigenvalue weighted by atomic mass is 10.1. The summed E-state index contributed by atoms with van der Waals surface area (Å²) in [7, 11) is -1.89. The zero-order valence-electron chi connectivity index (χ0n) is 14.0. The maximum atomic E-state index is 12.1. The number of nitrogens with zero attached hydrogens (tertiary/aromatic N) is 2. The van der Waals surface area contributed by atoms with Crippen molar-refractivity contribution in [3.8, 4) is 0 Å². The summed E-state index contributed by atoms with van der Waals surface area (Å²) in [5, 5.41) is 4.69. The van der Waals surface area contributed by atoms with Gasteiger partial charge in [0.1, 0.15) is 0 Å². The summed E-state index contributed by atoms with van der Waals surface area (Å²) in [5.41, 5.74) is 4.80. The Balaban J connectivity index is 2.08. The van der Waals surface area contributed by atoms with Crippen LogP contribution in [0.4, 0.5) is 5.69 Å². The van der Waals surface area contributed by atoms with E-state index in [0.29, 0.717) is 22.0 Å². The largest absolute Gasteiger partial charge is 0.274 e. The Labute approximate surface area is 152 Å². The molecule has 0 bridgehead atoms. The van der Waals surface area contributed by atoms with Crippen molar-refractivity contribution in [2.45, 2.75) is 6.92 Å². The van der Waals surface area contributed by atoms with E-state index in [1.54, 1.807) is 43.3 Å². The van der Waals surface area contributed by atoms with E-state index in [1.165, 1.54) is 7.05 Å². The zero-order chi connectivity index (χ0) is 18.6. The molecule has 0 saturated carbocycles. The molecule has 1 amide bonds. The van der Waals surface area contributed by atoms with Crippen LogP contribution in [0.15, 0.2) is 53.6 Å². The number of anilines is 1. The Morgan fingerprint density at radius 1 is 1.04 bits per heavy atom. The molecular formula is C17H18ClN3O3S. The van der Waals surface area contributed by atoms with Crippen molar-refractivity contribution < 1.29 is 13.2 Å². The normalized spacial score (nSPS) is 11.9. The highest BCUT2D eigenvalue weighted by atomic mass is 35.5. The van der Waals surface area contributed by atoms with Crippen LogP contribution in [0.5, 0.6) is 0 Å². The van der Waals surface area contributed by atoms with Crippen LogP contribution in [0.25, 0.3) is 0 Å². The number of carbonyl (C=O) groups is 1. The van der Waals surface area contributed by atoms with Crippen LogP contribution >= 0.6 is 11.6 Å². The third kappa shape index (κ3) is 5.04. The van der Waals surface area contributed by atoms with E-state index < -0.39 is 10.0 Å². The summed E-state index contributed by atoms with van der Waals surface area (Å²) in [5.74, 6) is -0.387. The number of rotatable bonds is 5. The molecule has 0 aromatic heterocycles. The predicted octanol–water partition coefficient (Wildman–Crippen LogP) is 2.89. The van der Waals surface area contributed by atoms with Gasteiger partial charge in [0.05, 0.1) is 17.7 Å². The second kappa shape index (κ2) is 7.67. The molecule has 132 valence electrons. The quantitative estimate of drug-likeness (QED) is 0.640. The number of nitrogens with one attached hydrogen (secondary N) is 1. The smallest absolute Gasteiger partial charge is 0.271 e. The van der Waals surface area contributed by atoms with E-state index in [2.05, 4.69) is 10.5 Å². The summed E-state index contributed by atoms with van der Waals surface area (Å²) in [6.45, 7) is 1.77. The van der Waals surface area contributed by atoms with E-state index in [0.717, 1.165) is 16.1 Å². The lowest BCUT2D eigenvalue weighted by Crippen LogP contribution is -2.25. The number of halogens is 1. The molecule has 2 aromatic carbocycles. The fourth-order valence-electron chi connectivity index (χ4n) is 1.97. The van der Waals surface area contributed by atoms with Crippen molar-refractivity contribution in [2.75, 3.05) is 17.6 Å². The second-order valence-corrected chi connectivity index (χ2v) is 7.87. The first-order valence-corrected chi connectivity index (χ1v) is 9.55. The number of carbonyl (C=O) groups excluding carboxylic acids is 1. The predicted molar refractivity (Wildman–Crippen MR) is 101 cm³/mol. The third-order valence-electron chi connectivity index (χ3n) is 3.58. The van der Waals surface area contributed by atoms with Gasteiger partial charge in [-0.15, -0.1) is 0 Å². The maximum Gasteiger partial charge on any atom is 0.271 e. The van der Waals surface area contributed by atoms with Gasteiger partial charge in [0.25, 0.3) is 5.91 Å². The highest BCUT2D eigenvalue weighted by Gasteiger charge is 2.12. The number of hydrogen-bond donors (Lipinski definition) is 1. The Morgan fingerprint density at radius 3 is 2.08 bits per heavy atom. The highest BCUT2D eigenvalue weighted by molar-refractivity contribution is 7.92. The van der Waals surface area contributed by atoms with E-state index in [1.807, 2.05) is 12.1 Å². The first kappa shape index (κ1) is 19.0. The van der Waals surface area contributed by atoms with Crippen molar-refractivity contribution in [3.05, 3.63) is 64.7 Å². The van der Waals surface area contributed by atoms with Crippen LogP contribution in [0.2, 0.25) is 5.02 Å². The standard InChI is InChI=1S/C17H18ClN3O3S/c1-12(13-4-8-15(18)9-5-13)19-20-17(22)14-6-10-16(11-7-14)21(2)25(3,23)24/h4-11H,1-3H3,(H,20,22)/b19-12-. The fourth-order valence-corrected chi connectivity index (χ4v) is 2.60. The van der Waals surface area contributed by atoms with E-state index in [4.69, 9.17) is 11.6 Å². The fraction of sp³-hybridized carbons (Fsp3) is 0.176. The molecule has 0 aliphatic carbocycles. The minimum atomic E-state index is -3.34. The lowest BCUT2D eigenvalue weighted by molar-refractivity contribution is 0.0955. The first-order chi connectivity index (χ1) is 11.7. The molecule has 0 aliphatic rings. The van der Waals surface area contributed by atoms with Crippen molar-refractivity contribution in [1.29, 1.82) is 0 Å². The average Bonchev–Trinajstić information content (AvgIpc) is 2.58. The van der Waals surface area contributed by atoms with Crippen LogP contribution in [0, 0.1) is 0 Å². The van der Waals surface area contributed by atoms with Gasteiger partial charge in [0, 0.05) is 17.6 Å². The van der Waals surface area contributed by atoms with Crippen LogP contribution in [-0.4, -0.2) is 33.3 Å². The zero-order valence-corrected chi connectivity index (χ0v) is 15.6. The monoisotopic (exact) mass is 379 g/mol. The van der Waals surface area contributed by atoms with Crippen LogP contribution < -0.4 is 9.73 Å². The third-order valence-corrected chi connectivity index (χ3v) is 5.04. The maximum absolute atomic E-state index is 12.1. The van der Waals surface area contributed by atoms with Gasteiger partial charge in [-0.2, -0.15) is 5.10 Å². The van der Waals surface area contributed by atoms with Gasteiger partial charge in [-0.1, -0.05) is 23.7 Å². The van der Waals surface area contributed by atoms with Crippen molar-refractivity contribution in [1.82, 2.24) is 5.43 Å². The van der Waals surface area contributed by atoms with E-state index in [9.17, 15) is 13.2 Å². The topological polar surface area (TPSA) is 78.8 Å². The number of sulfonamides is 1. The van der Waals surface area contributed by atoms with Gasteiger partial charge in [0.2, 0.25) is 10.0 Å². The van der Waals surface area contributed by atoms with Crippen LogP contribution in [0.1, 0.15) is 22.8 Å². The number of hydrogen-bond acceptors (Lipinski definition) is 4. The molecule has 0 radical (unpaired) electrons. The molecule has 0 unspecified atom stereocenters. The highest BCUT2D eigenvalue weighted by Crippen LogP contribution is 2.16. The molecule has 0 aliphatic heterocycles. The van der Waals surface area contributed by atoms with Gasteiger partial charge in [0.15, 0.2) is 0 Å². The van der Waals surface area contributed by atoms with Gasteiger partial charge >= 0.3 is 0 Å². The van der Waals surface area contributed by atoms with Gasteiger partial charge in [-0.05, 0) is 48.9 Å². The molecule has 2 rings (SSSR count). The number of amides is 1. The molecule has 0 saturated heterocycles. The number of hydrazone groups is 1. The molecular weight excluding hydrogens is 362 g/mol. The molecule has 0 fully saturated rings. The molecule has 2 aromatic rings. The van der Waals surface area contributed by atoms with E-state index >= 15 is 0 Å². The van der Waals surface area contributed by atoms with Gasteiger partial charge < -0.3 is 0 Å². The molecule has 25 heavy (non-hydrogen) atoms. The molecule has 0 spiro atoms. The minimum Gasteiger partial charge on any atom is -0.274 e. The van der Waals surface area contributed by atoms with E-state index in [-0.39, 0.29) is 5.91 Å². The molecule has 1 N–H and O–H groups in total. The van der Waals surface area contributed by atoms with Crippen molar-refractivity contribution in [2.24, 2.45) is 5.10 Å². The summed E-state index contributed by atoms with van der Waals surface area (Å²) < 4.78 is 24.1. The molecule has 8 heteroatoms. The lowest BCUT2D eigenvalue weighted by Gasteiger charge is -2.16. The molecule has 0 atom stereocenters. The Hall–Kier alpha value is -2.38. The van der Waals surface area contributed by atoms with Crippen LogP contribution in [0.3, 0.4) is 0 Å². The first-order valence-electron chi connectivity index (χ1n) is 7.33. The van der Waals surface area contributed by atoms with Gasteiger partial charge in [-0.3, -0.25) is 9.10 Å². The van der Waals surface area contributed by atoms with Crippen LogP contribution in [-0.2, 0) is 10.0 Å². The molecule has 6 nitrogen and oxygen atoms in total. The Kier molecular flexibility index (Phi) is 5.81. The molecule has 0 heterocycles. The second-order valence-electron chi connectivity index (χ2n) is 5.42. The summed E-state index contributed by atoms with van der Waals surface area (Å²) in [4.78, 5) is 12.1. The SMILES string of the molecule is C/C(=N/NC(=O)c1ccc(N(C)S(C)(=O)=O)cc1)c1ccc(Cl)cc1. The number of benzene rings is 2. The average molecular weight is 380 g/mol. The summed E-state index contributed by atoms with van der Waals surface area (Å²) >= 11 is 5.84.